The molecule has 0 unspecified atom stereocenters. The lowest BCUT2D eigenvalue weighted by molar-refractivity contribution is 0.0898. The molecule has 2 aromatic carbocycles. The monoisotopic (exact) mass is 416 g/mol. The number of nitriles is 1. The summed E-state index contributed by atoms with van der Waals surface area (Å²) in [4.78, 5) is 25.6. The molecule has 1 aliphatic heterocycles. The van der Waals surface area contributed by atoms with Crippen LogP contribution in [0.4, 0.5) is 4.79 Å². The summed E-state index contributed by atoms with van der Waals surface area (Å²) in [6.45, 7) is 1.45. The third kappa shape index (κ3) is 4.53. The smallest absolute Gasteiger partial charge is 0.407 e. The van der Waals surface area contributed by atoms with Crippen LogP contribution in [0.3, 0.4) is 0 Å². The summed E-state index contributed by atoms with van der Waals surface area (Å²) in [5, 5.41) is 22.4. The molecule has 3 aromatic rings. The number of carbonyl (C=O) groups excluding carboxylic acids is 1. The van der Waals surface area contributed by atoms with Crippen LogP contribution in [0.15, 0.2) is 54.6 Å². The summed E-state index contributed by atoms with van der Waals surface area (Å²) in [5.41, 5.74) is 3.15. The molecule has 158 valence electrons. The predicted molar refractivity (Wildman–Crippen MR) is 117 cm³/mol. The molecule has 0 bridgehead atoms. The van der Waals surface area contributed by atoms with Gasteiger partial charge in [0.25, 0.3) is 5.91 Å². The van der Waals surface area contributed by atoms with Gasteiger partial charge in [0.1, 0.15) is 5.69 Å². The van der Waals surface area contributed by atoms with Crippen molar-refractivity contribution < 1.29 is 14.7 Å². The average Bonchev–Trinajstić information content (AvgIpc) is 3.16. The van der Waals surface area contributed by atoms with Crippen molar-refractivity contribution in [2.24, 2.45) is 0 Å². The number of rotatable bonds is 5. The standard InChI is InChI=1S/C24H24N4O3/c25-16-18-6-7-19-15-22(23(29)26-20-9-11-27(12-10-20)24(30)31)28(21(19)14-18)13-8-17-4-2-1-3-5-17/h1-7,14-15,20H,8-13H2,(H,26,29)(H,30,31). The van der Waals surface area contributed by atoms with Crippen LogP contribution in [0.1, 0.15) is 34.5 Å². The van der Waals surface area contributed by atoms with E-state index in [9.17, 15) is 14.9 Å². The molecule has 2 heterocycles. The topological polar surface area (TPSA) is 98.4 Å². The molecule has 2 N–H and O–H groups in total. The van der Waals surface area contributed by atoms with Gasteiger partial charge in [0, 0.05) is 36.6 Å². The third-order valence-corrected chi connectivity index (χ3v) is 5.83. The molecule has 2 amide bonds. The quantitative estimate of drug-likeness (QED) is 0.664. The van der Waals surface area contributed by atoms with Gasteiger partial charge in [0.2, 0.25) is 0 Å². The first kappa shape index (κ1) is 20.5. The number of aromatic nitrogens is 1. The van der Waals surface area contributed by atoms with Gasteiger partial charge in [-0.2, -0.15) is 5.26 Å². The summed E-state index contributed by atoms with van der Waals surface area (Å²) < 4.78 is 1.98. The second-order valence-corrected chi connectivity index (χ2v) is 7.82. The van der Waals surface area contributed by atoms with E-state index < -0.39 is 6.09 Å². The second-order valence-electron chi connectivity index (χ2n) is 7.82. The normalized spacial score (nSPS) is 14.4. The van der Waals surface area contributed by atoms with E-state index in [1.807, 2.05) is 41.0 Å². The van der Waals surface area contributed by atoms with E-state index >= 15 is 0 Å². The van der Waals surface area contributed by atoms with Gasteiger partial charge in [0.15, 0.2) is 0 Å². The molecule has 31 heavy (non-hydrogen) atoms. The Morgan fingerprint density at radius 3 is 2.52 bits per heavy atom. The number of nitrogens with zero attached hydrogens (tertiary/aromatic N) is 3. The SMILES string of the molecule is N#Cc1ccc2cc(C(=O)NC3CCN(C(=O)O)CC3)n(CCc3ccccc3)c2c1. The van der Waals surface area contributed by atoms with Crippen LogP contribution in [-0.4, -0.2) is 45.7 Å². The molecule has 0 atom stereocenters. The highest BCUT2D eigenvalue weighted by Gasteiger charge is 2.25. The number of benzene rings is 2. The van der Waals surface area contributed by atoms with Gasteiger partial charge in [0.05, 0.1) is 11.6 Å². The zero-order valence-electron chi connectivity index (χ0n) is 17.1. The van der Waals surface area contributed by atoms with Gasteiger partial charge in [-0.1, -0.05) is 36.4 Å². The lowest BCUT2D eigenvalue weighted by Gasteiger charge is -2.30. The number of carboxylic acid groups (broad SMARTS) is 1. The maximum atomic E-state index is 13.2. The van der Waals surface area contributed by atoms with E-state index in [1.165, 1.54) is 10.5 Å². The fourth-order valence-electron chi connectivity index (χ4n) is 4.11. The Balaban J connectivity index is 1.57. The van der Waals surface area contributed by atoms with Crippen LogP contribution < -0.4 is 5.32 Å². The predicted octanol–water partition coefficient (Wildman–Crippen LogP) is 3.63. The van der Waals surface area contributed by atoms with Crippen molar-refractivity contribution in [2.75, 3.05) is 13.1 Å². The number of likely N-dealkylation sites (tertiary alicyclic amines) is 1. The highest BCUT2D eigenvalue weighted by molar-refractivity contribution is 5.99. The molecule has 4 rings (SSSR count). The fraction of sp³-hybridized carbons (Fsp3) is 0.292. The first-order valence-electron chi connectivity index (χ1n) is 10.4. The number of hydrogen-bond acceptors (Lipinski definition) is 3. The molecule has 1 saturated heterocycles. The van der Waals surface area contributed by atoms with E-state index in [0.717, 1.165) is 17.3 Å². The molecule has 7 nitrogen and oxygen atoms in total. The lowest BCUT2D eigenvalue weighted by Crippen LogP contribution is -2.46. The highest BCUT2D eigenvalue weighted by Crippen LogP contribution is 2.23. The van der Waals surface area contributed by atoms with E-state index in [0.29, 0.717) is 43.7 Å². The van der Waals surface area contributed by atoms with E-state index in [4.69, 9.17) is 5.11 Å². The number of aryl methyl sites for hydroxylation is 2. The first-order valence-corrected chi connectivity index (χ1v) is 10.4. The molecule has 0 saturated carbocycles. The van der Waals surface area contributed by atoms with Crippen molar-refractivity contribution in [1.29, 1.82) is 5.26 Å². The minimum Gasteiger partial charge on any atom is -0.465 e. The third-order valence-electron chi connectivity index (χ3n) is 5.83. The van der Waals surface area contributed by atoms with E-state index in [2.05, 4.69) is 23.5 Å². The van der Waals surface area contributed by atoms with Crippen LogP contribution in [0.5, 0.6) is 0 Å². The Bertz CT molecular complexity index is 1140. The Hall–Kier alpha value is -3.79. The molecule has 7 heteroatoms. The summed E-state index contributed by atoms with van der Waals surface area (Å²) in [6, 6.07) is 19.5. The first-order chi connectivity index (χ1) is 15.0. The van der Waals surface area contributed by atoms with Gasteiger partial charge in [-0.25, -0.2) is 4.79 Å². The minimum atomic E-state index is -0.917. The second kappa shape index (κ2) is 8.92. The van der Waals surface area contributed by atoms with Crippen molar-refractivity contribution in [3.8, 4) is 6.07 Å². The number of nitrogens with one attached hydrogen (secondary N) is 1. The van der Waals surface area contributed by atoms with E-state index in [1.54, 1.807) is 6.07 Å². The fourth-order valence-corrected chi connectivity index (χ4v) is 4.11. The average molecular weight is 416 g/mol. The molecule has 1 aromatic heterocycles. The highest BCUT2D eigenvalue weighted by atomic mass is 16.4. The van der Waals surface area contributed by atoms with Gasteiger partial charge < -0.3 is 19.9 Å². The van der Waals surface area contributed by atoms with Crippen LogP contribution in [0.2, 0.25) is 0 Å². The molecule has 0 spiro atoms. The van der Waals surface area contributed by atoms with E-state index in [-0.39, 0.29) is 11.9 Å². The zero-order chi connectivity index (χ0) is 21.8. The number of carbonyl (C=O) groups is 2. The Morgan fingerprint density at radius 2 is 1.84 bits per heavy atom. The number of amides is 2. The van der Waals surface area contributed by atoms with Gasteiger partial charge >= 0.3 is 6.09 Å². The van der Waals surface area contributed by atoms with Crippen molar-refractivity contribution >= 4 is 22.9 Å². The van der Waals surface area contributed by atoms with Crippen molar-refractivity contribution in [2.45, 2.75) is 31.8 Å². The Kier molecular flexibility index (Phi) is 5.89. The summed E-state index contributed by atoms with van der Waals surface area (Å²) >= 11 is 0. The van der Waals surface area contributed by atoms with Gasteiger partial charge in [-0.05, 0) is 43.0 Å². The largest absolute Gasteiger partial charge is 0.465 e. The number of fused-ring (bicyclic) bond motifs is 1. The van der Waals surface area contributed by atoms with Gasteiger partial charge in [-0.15, -0.1) is 0 Å². The molecular weight excluding hydrogens is 392 g/mol. The summed E-state index contributed by atoms with van der Waals surface area (Å²) in [7, 11) is 0. The summed E-state index contributed by atoms with van der Waals surface area (Å²) in [6.07, 6.45) is 1.04. The molecule has 0 aliphatic carbocycles. The summed E-state index contributed by atoms with van der Waals surface area (Å²) in [5.74, 6) is -0.170. The van der Waals surface area contributed by atoms with Crippen molar-refractivity contribution in [3.05, 3.63) is 71.4 Å². The van der Waals surface area contributed by atoms with Crippen LogP contribution >= 0.6 is 0 Å². The zero-order valence-corrected chi connectivity index (χ0v) is 17.1. The molecule has 1 fully saturated rings. The minimum absolute atomic E-state index is 0.0571. The number of hydrogen-bond donors (Lipinski definition) is 2. The van der Waals surface area contributed by atoms with Crippen molar-refractivity contribution in [1.82, 2.24) is 14.8 Å². The van der Waals surface area contributed by atoms with Crippen LogP contribution in [0, 0.1) is 11.3 Å². The van der Waals surface area contributed by atoms with Crippen LogP contribution in [0.25, 0.3) is 10.9 Å². The Labute approximate surface area is 180 Å². The molecular formula is C24H24N4O3. The van der Waals surface area contributed by atoms with Crippen LogP contribution in [-0.2, 0) is 13.0 Å². The molecule has 0 radical (unpaired) electrons. The maximum absolute atomic E-state index is 13.2. The lowest BCUT2D eigenvalue weighted by atomic mass is 10.1. The molecule has 1 aliphatic rings. The number of piperidine rings is 1. The Morgan fingerprint density at radius 1 is 1.10 bits per heavy atom. The van der Waals surface area contributed by atoms with Crippen molar-refractivity contribution in [3.63, 3.8) is 0 Å². The maximum Gasteiger partial charge on any atom is 0.407 e. The van der Waals surface area contributed by atoms with Gasteiger partial charge in [-0.3, -0.25) is 4.79 Å².